The maximum Gasteiger partial charge on any atom is 0.263 e. The van der Waals surface area contributed by atoms with Crippen LogP contribution in [0.3, 0.4) is 0 Å². The average Bonchev–Trinajstić information content (AvgIpc) is 2.30. The van der Waals surface area contributed by atoms with E-state index in [4.69, 9.17) is 17.3 Å². The fraction of sp³-hybridized carbons (Fsp3) is 0.154. The number of rotatable bonds is 3. The van der Waals surface area contributed by atoms with Crippen molar-refractivity contribution in [3.63, 3.8) is 0 Å². The van der Waals surface area contributed by atoms with Crippen molar-refractivity contribution in [2.45, 2.75) is 18.7 Å². The summed E-state index contributed by atoms with van der Waals surface area (Å²) < 4.78 is 27.3. The van der Waals surface area contributed by atoms with E-state index in [1.807, 2.05) is 0 Å². The van der Waals surface area contributed by atoms with Crippen LogP contribution in [0.2, 0.25) is 5.02 Å². The molecule has 7 heteroatoms. The number of nitrogens with one attached hydrogen (secondary N) is 1. The van der Waals surface area contributed by atoms with Crippen molar-refractivity contribution in [3.8, 4) is 0 Å². The molecule has 1 heterocycles. The molecule has 0 radical (unpaired) electrons. The highest BCUT2D eigenvalue weighted by atomic mass is 35.5. The van der Waals surface area contributed by atoms with Crippen LogP contribution in [0.5, 0.6) is 0 Å². The zero-order chi connectivity index (χ0) is 14.9. The second-order valence-corrected chi connectivity index (χ2v) is 6.45. The fourth-order valence-corrected chi connectivity index (χ4v) is 3.76. The monoisotopic (exact) mass is 311 g/mol. The van der Waals surface area contributed by atoms with E-state index < -0.39 is 10.0 Å². The summed E-state index contributed by atoms with van der Waals surface area (Å²) in [5.41, 5.74) is 7.37. The third kappa shape index (κ3) is 2.86. The van der Waals surface area contributed by atoms with Crippen molar-refractivity contribution >= 4 is 33.1 Å². The third-order valence-electron chi connectivity index (χ3n) is 2.74. The van der Waals surface area contributed by atoms with Gasteiger partial charge in [-0.15, -0.1) is 0 Å². The predicted molar refractivity (Wildman–Crippen MR) is 80.4 cm³/mol. The largest absolute Gasteiger partial charge is 0.399 e. The molecule has 1 aromatic heterocycles. The van der Waals surface area contributed by atoms with Crippen LogP contribution in [0, 0.1) is 13.8 Å². The number of hydrogen-bond acceptors (Lipinski definition) is 4. The van der Waals surface area contributed by atoms with Gasteiger partial charge < -0.3 is 5.73 Å². The minimum atomic E-state index is -3.77. The zero-order valence-electron chi connectivity index (χ0n) is 11.0. The molecule has 2 aromatic rings. The minimum Gasteiger partial charge on any atom is -0.399 e. The molecule has 0 amide bonds. The Morgan fingerprint density at radius 1 is 1.25 bits per heavy atom. The van der Waals surface area contributed by atoms with Gasteiger partial charge in [-0.05, 0) is 49.2 Å². The average molecular weight is 312 g/mol. The van der Waals surface area contributed by atoms with Crippen LogP contribution in [0.15, 0.2) is 35.4 Å². The zero-order valence-corrected chi connectivity index (χ0v) is 12.6. The Kier molecular flexibility index (Phi) is 3.87. The van der Waals surface area contributed by atoms with Crippen molar-refractivity contribution in [2.24, 2.45) is 0 Å². The highest BCUT2D eigenvalue weighted by molar-refractivity contribution is 7.92. The van der Waals surface area contributed by atoms with Gasteiger partial charge in [0.1, 0.15) is 0 Å². The Balaban J connectivity index is 2.50. The molecular formula is C13H14ClN3O2S. The van der Waals surface area contributed by atoms with Crippen LogP contribution in [-0.2, 0) is 10.0 Å². The number of aromatic nitrogens is 1. The number of sulfonamides is 1. The van der Waals surface area contributed by atoms with Crippen molar-refractivity contribution in [3.05, 3.63) is 46.6 Å². The summed E-state index contributed by atoms with van der Waals surface area (Å²) in [6.45, 7) is 3.38. The van der Waals surface area contributed by atoms with Gasteiger partial charge in [0.2, 0.25) is 0 Å². The number of nitrogens with two attached hydrogens (primary N) is 1. The Morgan fingerprint density at radius 3 is 2.40 bits per heavy atom. The van der Waals surface area contributed by atoms with Crippen LogP contribution >= 0.6 is 11.6 Å². The highest BCUT2D eigenvalue weighted by Crippen LogP contribution is 2.26. The van der Waals surface area contributed by atoms with E-state index in [1.54, 1.807) is 38.1 Å². The van der Waals surface area contributed by atoms with E-state index in [2.05, 4.69) is 9.71 Å². The third-order valence-corrected chi connectivity index (χ3v) is 4.69. The topological polar surface area (TPSA) is 85.1 Å². The molecular weight excluding hydrogens is 298 g/mol. The molecule has 0 saturated heterocycles. The number of nitrogens with zero attached hydrogens (tertiary/aromatic N) is 1. The first-order valence-corrected chi connectivity index (χ1v) is 7.67. The van der Waals surface area contributed by atoms with Crippen LogP contribution in [0.1, 0.15) is 11.1 Å². The number of aryl methyl sites for hydroxylation is 2. The smallest absolute Gasteiger partial charge is 0.263 e. The molecule has 0 aliphatic rings. The number of benzene rings is 1. The minimum absolute atomic E-state index is 0.102. The molecule has 1 aromatic carbocycles. The summed E-state index contributed by atoms with van der Waals surface area (Å²) >= 11 is 5.91. The molecule has 0 saturated carbocycles. The van der Waals surface area contributed by atoms with Gasteiger partial charge in [0.15, 0.2) is 5.82 Å². The van der Waals surface area contributed by atoms with E-state index >= 15 is 0 Å². The summed E-state index contributed by atoms with van der Waals surface area (Å²) in [6, 6.07) is 6.41. The van der Waals surface area contributed by atoms with Crippen LogP contribution in [0.4, 0.5) is 11.5 Å². The number of pyridine rings is 1. The van der Waals surface area contributed by atoms with Crippen LogP contribution < -0.4 is 10.5 Å². The van der Waals surface area contributed by atoms with Gasteiger partial charge in [0.05, 0.1) is 9.92 Å². The van der Waals surface area contributed by atoms with E-state index in [9.17, 15) is 8.42 Å². The van der Waals surface area contributed by atoms with Crippen LogP contribution in [-0.4, -0.2) is 13.4 Å². The Labute approximate surface area is 122 Å². The summed E-state index contributed by atoms with van der Waals surface area (Å²) in [5.74, 6) is 0.102. The van der Waals surface area contributed by atoms with E-state index in [0.717, 1.165) is 0 Å². The molecule has 0 spiro atoms. The van der Waals surface area contributed by atoms with E-state index in [1.165, 1.54) is 6.20 Å². The first-order valence-electron chi connectivity index (χ1n) is 5.81. The summed E-state index contributed by atoms with van der Waals surface area (Å²) in [4.78, 5) is 4.11. The summed E-state index contributed by atoms with van der Waals surface area (Å²) in [7, 11) is -3.77. The second kappa shape index (κ2) is 5.30. The number of nitrogen functional groups attached to an aromatic ring is 1. The van der Waals surface area contributed by atoms with Crippen LogP contribution in [0.25, 0.3) is 0 Å². The van der Waals surface area contributed by atoms with Gasteiger partial charge in [0, 0.05) is 11.9 Å². The van der Waals surface area contributed by atoms with Crippen molar-refractivity contribution in [1.29, 1.82) is 0 Å². The normalized spacial score (nSPS) is 11.3. The lowest BCUT2D eigenvalue weighted by Crippen LogP contribution is -2.17. The Hall–Kier alpha value is -1.79. The molecule has 20 heavy (non-hydrogen) atoms. The molecule has 106 valence electrons. The second-order valence-electron chi connectivity index (χ2n) is 4.42. The Morgan fingerprint density at radius 2 is 1.85 bits per heavy atom. The highest BCUT2D eigenvalue weighted by Gasteiger charge is 2.21. The number of halogens is 1. The van der Waals surface area contributed by atoms with Gasteiger partial charge in [-0.2, -0.15) is 0 Å². The summed E-state index contributed by atoms with van der Waals surface area (Å²) in [6.07, 6.45) is 1.46. The Bertz CT molecular complexity index is 737. The molecule has 0 fully saturated rings. The molecule has 0 unspecified atom stereocenters. The van der Waals surface area contributed by atoms with Crippen molar-refractivity contribution in [2.75, 3.05) is 10.5 Å². The number of hydrogen-bond donors (Lipinski definition) is 2. The van der Waals surface area contributed by atoms with Crippen molar-refractivity contribution < 1.29 is 8.42 Å². The lowest BCUT2D eigenvalue weighted by Gasteiger charge is -2.13. The molecule has 0 aliphatic carbocycles. The predicted octanol–water partition coefficient (Wildman–Crippen LogP) is 2.73. The molecule has 0 aliphatic heterocycles. The SMILES string of the molecule is Cc1cc(N)cc(C)c1S(=O)(=O)Nc1ncccc1Cl. The van der Waals surface area contributed by atoms with Gasteiger partial charge >= 0.3 is 0 Å². The quantitative estimate of drug-likeness (QED) is 0.853. The molecule has 0 bridgehead atoms. The number of anilines is 2. The first-order chi connectivity index (χ1) is 9.31. The summed E-state index contributed by atoms with van der Waals surface area (Å²) in [5, 5.41) is 0.238. The van der Waals surface area contributed by atoms with Gasteiger partial charge in [-0.25, -0.2) is 13.4 Å². The molecule has 0 atom stereocenters. The van der Waals surface area contributed by atoms with Gasteiger partial charge in [-0.1, -0.05) is 11.6 Å². The first kappa shape index (κ1) is 14.6. The van der Waals surface area contributed by atoms with Gasteiger partial charge in [0.25, 0.3) is 10.0 Å². The van der Waals surface area contributed by atoms with E-state index in [0.29, 0.717) is 16.8 Å². The van der Waals surface area contributed by atoms with Crippen molar-refractivity contribution in [1.82, 2.24) is 4.98 Å². The molecule has 2 rings (SSSR count). The maximum absolute atomic E-state index is 12.5. The maximum atomic E-state index is 12.5. The lowest BCUT2D eigenvalue weighted by molar-refractivity contribution is 0.600. The fourth-order valence-electron chi connectivity index (χ4n) is 2.05. The van der Waals surface area contributed by atoms with Gasteiger partial charge in [-0.3, -0.25) is 4.72 Å². The van der Waals surface area contributed by atoms with E-state index in [-0.39, 0.29) is 15.7 Å². The lowest BCUT2D eigenvalue weighted by atomic mass is 10.1. The standard InChI is InChI=1S/C13H14ClN3O2S/c1-8-6-10(15)7-9(2)12(8)20(18,19)17-13-11(14)4-3-5-16-13/h3-7H,15H2,1-2H3,(H,16,17). The molecule has 3 N–H and O–H groups in total. The molecule has 5 nitrogen and oxygen atoms in total.